The van der Waals surface area contributed by atoms with E-state index in [0.717, 1.165) is 28.9 Å². The van der Waals surface area contributed by atoms with Gasteiger partial charge in [0.15, 0.2) is 0 Å². The number of carbonyl (C=O) groups is 3. The van der Waals surface area contributed by atoms with Crippen molar-refractivity contribution in [1.29, 1.82) is 0 Å². The molecular formula is C23H25ClN2O4S. The smallest absolute Gasteiger partial charge is 0.327 e. The summed E-state index contributed by atoms with van der Waals surface area (Å²) in [6.45, 7) is 2.35. The zero-order valence-electron chi connectivity index (χ0n) is 17.3. The molecule has 1 saturated heterocycles. The van der Waals surface area contributed by atoms with E-state index in [4.69, 9.17) is 11.6 Å². The van der Waals surface area contributed by atoms with Crippen molar-refractivity contribution >= 4 is 41.3 Å². The molecule has 0 saturated carbocycles. The van der Waals surface area contributed by atoms with E-state index in [1.165, 1.54) is 21.6 Å². The van der Waals surface area contributed by atoms with Crippen molar-refractivity contribution in [3.8, 4) is 11.1 Å². The van der Waals surface area contributed by atoms with E-state index in [-0.39, 0.29) is 25.0 Å². The number of unbranched alkanes of at least 4 members (excludes halogenated alkanes) is 1. The van der Waals surface area contributed by atoms with E-state index in [1.807, 2.05) is 55.5 Å². The number of thioether (sulfide) groups is 1. The summed E-state index contributed by atoms with van der Waals surface area (Å²) in [6, 6.07) is 15.0. The molecular weight excluding hydrogens is 436 g/mol. The summed E-state index contributed by atoms with van der Waals surface area (Å²) in [7, 11) is 0. The van der Waals surface area contributed by atoms with Gasteiger partial charge in [0.25, 0.3) is 0 Å². The van der Waals surface area contributed by atoms with Crippen molar-refractivity contribution in [2.75, 3.05) is 25.4 Å². The Hall–Kier alpha value is -2.51. The second-order valence-electron chi connectivity index (χ2n) is 7.44. The number of carbonyl (C=O) groups excluding carboxylic acids is 2. The molecule has 1 aliphatic heterocycles. The van der Waals surface area contributed by atoms with Crippen LogP contribution in [0.4, 0.5) is 4.79 Å². The first-order valence-corrected chi connectivity index (χ1v) is 11.6. The highest BCUT2D eigenvalue weighted by molar-refractivity contribution is 7.99. The second-order valence-corrected chi connectivity index (χ2v) is 8.97. The molecule has 0 aromatic heterocycles. The summed E-state index contributed by atoms with van der Waals surface area (Å²) in [6.07, 6.45) is 1.62. The number of imide groups is 1. The fourth-order valence-electron chi connectivity index (χ4n) is 3.32. The first-order valence-electron chi connectivity index (χ1n) is 10.2. The Balaban J connectivity index is 1.58. The fraction of sp³-hybridized carbons (Fsp3) is 0.348. The highest BCUT2D eigenvalue weighted by atomic mass is 35.5. The minimum absolute atomic E-state index is 0.0262. The average Bonchev–Trinajstić information content (AvgIpc) is 3.02. The predicted octanol–water partition coefficient (Wildman–Crippen LogP) is 4.86. The van der Waals surface area contributed by atoms with E-state index >= 15 is 0 Å². The fourth-order valence-corrected chi connectivity index (χ4v) is 4.42. The lowest BCUT2D eigenvalue weighted by molar-refractivity contribution is -0.141. The number of halogens is 1. The molecule has 2 aromatic carbocycles. The van der Waals surface area contributed by atoms with E-state index in [2.05, 4.69) is 0 Å². The molecule has 0 aliphatic carbocycles. The van der Waals surface area contributed by atoms with E-state index < -0.39 is 11.9 Å². The number of urea groups is 1. The van der Waals surface area contributed by atoms with Gasteiger partial charge in [0.05, 0.1) is 5.92 Å². The van der Waals surface area contributed by atoms with Crippen LogP contribution in [-0.2, 0) is 9.59 Å². The predicted molar refractivity (Wildman–Crippen MR) is 122 cm³/mol. The van der Waals surface area contributed by atoms with Gasteiger partial charge in [0.1, 0.15) is 6.54 Å². The maximum absolute atomic E-state index is 12.5. The summed E-state index contributed by atoms with van der Waals surface area (Å²) >= 11 is 7.36. The molecule has 3 amide bonds. The number of aliphatic carboxylic acids is 1. The van der Waals surface area contributed by atoms with Gasteiger partial charge in [-0.2, -0.15) is 0 Å². The molecule has 8 heteroatoms. The Labute approximate surface area is 191 Å². The third-order valence-electron chi connectivity index (χ3n) is 5.14. The number of carboxylic acid groups (broad SMARTS) is 1. The minimum atomic E-state index is -0.974. The van der Waals surface area contributed by atoms with Gasteiger partial charge in [0.2, 0.25) is 5.91 Å². The van der Waals surface area contributed by atoms with Crippen molar-refractivity contribution in [2.45, 2.75) is 24.7 Å². The van der Waals surface area contributed by atoms with Crippen LogP contribution >= 0.6 is 23.4 Å². The largest absolute Gasteiger partial charge is 0.481 e. The molecule has 0 spiro atoms. The zero-order chi connectivity index (χ0) is 22.4. The number of nitrogens with zero attached hydrogens (tertiary/aromatic N) is 2. The molecule has 1 fully saturated rings. The van der Waals surface area contributed by atoms with Gasteiger partial charge < -0.3 is 10.0 Å². The number of hydrogen-bond donors (Lipinski definition) is 1. The molecule has 1 N–H and O–H groups in total. The summed E-state index contributed by atoms with van der Waals surface area (Å²) in [4.78, 5) is 39.8. The molecule has 31 heavy (non-hydrogen) atoms. The first kappa shape index (κ1) is 23.2. The van der Waals surface area contributed by atoms with Gasteiger partial charge in [-0.15, -0.1) is 11.8 Å². The van der Waals surface area contributed by atoms with Crippen molar-refractivity contribution < 1.29 is 19.5 Å². The maximum atomic E-state index is 12.5. The SMILES string of the molecule is CCCCN1C(=O)CN(CC(CSc2ccc(-c3ccc(Cl)cc3)cc2)C(=O)O)C1=O. The monoisotopic (exact) mass is 460 g/mol. The Morgan fingerprint density at radius 1 is 1.10 bits per heavy atom. The second kappa shape index (κ2) is 10.7. The molecule has 0 radical (unpaired) electrons. The van der Waals surface area contributed by atoms with Crippen molar-refractivity contribution in [1.82, 2.24) is 9.80 Å². The highest BCUT2D eigenvalue weighted by Gasteiger charge is 2.37. The summed E-state index contributed by atoms with van der Waals surface area (Å²) in [5.74, 6) is -1.68. The molecule has 6 nitrogen and oxygen atoms in total. The topological polar surface area (TPSA) is 77.9 Å². The lowest BCUT2D eigenvalue weighted by Gasteiger charge is -2.20. The Morgan fingerprint density at radius 2 is 1.71 bits per heavy atom. The molecule has 2 aromatic rings. The van der Waals surface area contributed by atoms with E-state index in [9.17, 15) is 19.5 Å². The Kier molecular flexibility index (Phi) is 7.98. The van der Waals surface area contributed by atoms with E-state index in [1.54, 1.807) is 0 Å². The third kappa shape index (κ3) is 6.02. The molecule has 0 bridgehead atoms. The van der Waals surface area contributed by atoms with Crippen molar-refractivity contribution in [3.63, 3.8) is 0 Å². The van der Waals surface area contributed by atoms with Crippen LogP contribution in [0.5, 0.6) is 0 Å². The normalized spacial score (nSPS) is 14.9. The summed E-state index contributed by atoms with van der Waals surface area (Å²) in [5, 5.41) is 10.3. The maximum Gasteiger partial charge on any atom is 0.327 e. The average molecular weight is 461 g/mol. The molecule has 1 aliphatic rings. The number of carboxylic acids is 1. The third-order valence-corrected chi connectivity index (χ3v) is 6.56. The van der Waals surface area contributed by atoms with Crippen LogP contribution in [0.15, 0.2) is 53.4 Å². The minimum Gasteiger partial charge on any atom is -0.481 e. The van der Waals surface area contributed by atoms with Gasteiger partial charge in [-0.3, -0.25) is 14.5 Å². The van der Waals surface area contributed by atoms with Crippen LogP contribution in [0.2, 0.25) is 5.02 Å². The van der Waals surface area contributed by atoms with Gasteiger partial charge in [0, 0.05) is 28.8 Å². The summed E-state index contributed by atoms with van der Waals surface area (Å²) < 4.78 is 0. The van der Waals surface area contributed by atoms with Gasteiger partial charge in [-0.05, 0) is 41.8 Å². The van der Waals surface area contributed by atoms with Crippen LogP contribution in [0, 0.1) is 5.92 Å². The van der Waals surface area contributed by atoms with Crippen LogP contribution in [0.1, 0.15) is 19.8 Å². The van der Waals surface area contributed by atoms with Crippen molar-refractivity contribution in [3.05, 3.63) is 53.6 Å². The van der Waals surface area contributed by atoms with Crippen LogP contribution in [0.25, 0.3) is 11.1 Å². The molecule has 1 heterocycles. The quantitative estimate of drug-likeness (QED) is 0.404. The molecule has 1 atom stereocenters. The van der Waals surface area contributed by atoms with Crippen LogP contribution in [0.3, 0.4) is 0 Å². The summed E-state index contributed by atoms with van der Waals surface area (Å²) in [5.41, 5.74) is 2.10. The van der Waals surface area contributed by atoms with Crippen LogP contribution in [-0.4, -0.2) is 58.2 Å². The lowest BCUT2D eigenvalue weighted by atomic mass is 10.1. The van der Waals surface area contributed by atoms with Crippen molar-refractivity contribution in [2.24, 2.45) is 5.92 Å². The number of rotatable bonds is 10. The standard InChI is InChI=1S/C23H25ClN2O4S/c1-2-3-12-26-21(27)14-25(23(26)30)13-18(22(28)29)15-31-20-10-6-17(7-11-20)16-4-8-19(24)9-5-16/h4-11,18H,2-3,12-15H2,1H3,(H,28,29). The highest BCUT2D eigenvalue weighted by Crippen LogP contribution is 2.27. The Morgan fingerprint density at radius 3 is 2.29 bits per heavy atom. The molecule has 1 unspecified atom stereocenters. The Bertz CT molecular complexity index is 934. The van der Waals surface area contributed by atoms with Gasteiger partial charge in [-0.25, -0.2) is 4.79 Å². The lowest BCUT2D eigenvalue weighted by Crippen LogP contribution is -2.38. The van der Waals surface area contributed by atoms with Gasteiger partial charge in [-0.1, -0.05) is 49.2 Å². The number of amides is 3. The first-order chi connectivity index (χ1) is 14.9. The molecule has 164 valence electrons. The van der Waals surface area contributed by atoms with Gasteiger partial charge >= 0.3 is 12.0 Å². The zero-order valence-corrected chi connectivity index (χ0v) is 18.9. The van der Waals surface area contributed by atoms with Crippen LogP contribution < -0.4 is 0 Å². The number of hydrogen-bond acceptors (Lipinski definition) is 4. The van der Waals surface area contributed by atoms with E-state index in [0.29, 0.717) is 17.3 Å². The number of benzene rings is 2. The molecule has 3 rings (SSSR count).